The van der Waals surface area contributed by atoms with Gasteiger partial charge in [-0.25, -0.2) is 4.79 Å². The normalized spacial score (nSPS) is 14.8. The van der Waals surface area contributed by atoms with E-state index < -0.39 is 11.9 Å². The van der Waals surface area contributed by atoms with Crippen molar-refractivity contribution < 1.29 is 19.1 Å². The second-order valence-corrected chi connectivity index (χ2v) is 7.45. The zero-order chi connectivity index (χ0) is 22.8. The highest BCUT2D eigenvalue weighted by atomic mass is 16.5. The molecule has 33 heavy (non-hydrogen) atoms. The van der Waals surface area contributed by atoms with Crippen LogP contribution in [0.4, 0.5) is 11.4 Å². The SMILES string of the molecule is COC(=O)c1ccc(Oc2ccc(N=CC3C(=O)Nc4ccc5ncccc5c43)cc2)cc1. The lowest BCUT2D eigenvalue weighted by atomic mass is 9.97. The molecule has 162 valence electrons. The van der Waals surface area contributed by atoms with Crippen LogP contribution in [0.2, 0.25) is 0 Å². The average molecular weight is 437 g/mol. The van der Waals surface area contributed by atoms with Crippen LogP contribution in [0.15, 0.2) is 84.0 Å². The maximum Gasteiger partial charge on any atom is 0.337 e. The molecule has 0 fully saturated rings. The first kappa shape index (κ1) is 20.4. The van der Waals surface area contributed by atoms with Crippen LogP contribution in [-0.4, -0.2) is 30.2 Å². The summed E-state index contributed by atoms with van der Waals surface area (Å²) in [5.74, 6) is 0.226. The lowest BCUT2D eigenvalue weighted by Crippen LogP contribution is -2.13. The smallest absolute Gasteiger partial charge is 0.337 e. The minimum absolute atomic E-state index is 0.111. The molecular weight excluding hydrogens is 418 g/mol. The van der Waals surface area contributed by atoms with Crippen LogP contribution < -0.4 is 10.1 Å². The summed E-state index contributed by atoms with van der Waals surface area (Å²) in [4.78, 5) is 33.0. The van der Waals surface area contributed by atoms with Crippen LogP contribution in [-0.2, 0) is 9.53 Å². The Labute approximate surface area is 189 Å². The van der Waals surface area contributed by atoms with Crippen molar-refractivity contribution in [1.82, 2.24) is 4.98 Å². The van der Waals surface area contributed by atoms with Crippen molar-refractivity contribution in [3.63, 3.8) is 0 Å². The summed E-state index contributed by atoms with van der Waals surface area (Å²) in [7, 11) is 1.34. The number of rotatable bonds is 5. The molecular formula is C26H19N3O4. The third-order valence-corrected chi connectivity index (χ3v) is 5.40. The number of esters is 1. The highest BCUT2D eigenvalue weighted by Gasteiger charge is 2.31. The molecule has 1 atom stereocenters. The van der Waals surface area contributed by atoms with Crippen LogP contribution in [0.3, 0.4) is 0 Å². The van der Waals surface area contributed by atoms with Gasteiger partial charge in [0.15, 0.2) is 0 Å². The molecule has 0 bridgehead atoms. The van der Waals surface area contributed by atoms with E-state index in [-0.39, 0.29) is 5.91 Å². The van der Waals surface area contributed by atoms with E-state index in [2.05, 4.69) is 15.3 Å². The Morgan fingerprint density at radius 3 is 2.45 bits per heavy atom. The number of pyridine rings is 1. The van der Waals surface area contributed by atoms with E-state index in [1.54, 1.807) is 48.8 Å². The number of nitrogens with zero attached hydrogens (tertiary/aromatic N) is 2. The van der Waals surface area contributed by atoms with E-state index in [0.717, 1.165) is 22.2 Å². The minimum Gasteiger partial charge on any atom is -0.465 e. The number of anilines is 1. The largest absolute Gasteiger partial charge is 0.465 e. The third-order valence-electron chi connectivity index (χ3n) is 5.40. The van der Waals surface area contributed by atoms with Gasteiger partial charge in [-0.2, -0.15) is 0 Å². The van der Waals surface area contributed by atoms with Crippen molar-refractivity contribution in [2.24, 2.45) is 4.99 Å². The lowest BCUT2D eigenvalue weighted by Gasteiger charge is -2.08. The number of carbonyl (C=O) groups excluding carboxylic acids is 2. The minimum atomic E-state index is -0.489. The summed E-state index contributed by atoms with van der Waals surface area (Å²) in [6.45, 7) is 0. The number of hydrogen-bond acceptors (Lipinski definition) is 6. The topological polar surface area (TPSA) is 89.9 Å². The van der Waals surface area contributed by atoms with E-state index in [1.165, 1.54) is 7.11 Å². The predicted octanol–water partition coefficient (Wildman–Crippen LogP) is 5.25. The number of hydrogen-bond donors (Lipinski definition) is 1. The summed E-state index contributed by atoms with van der Waals surface area (Å²) >= 11 is 0. The summed E-state index contributed by atoms with van der Waals surface area (Å²) in [6.07, 6.45) is 3.40. The summed E-state index contributed by atoms with van der Waals surface area (Å²) < 4.78 is 10.5. The van der Waals surface area contributed by atoms with Gasteiger partial charge in [0.25, 0.3) is 0 Å². The molecule has 1 aliphatic rings. The van der Waals surface area contributed by atoms with Crippen molar-refractivity contribution in [2.45, 2.75) is 5.92 Å². The van der Waals surface area contributed by atoms with Gasteiger partial charge in [0.1, 0.15) is 17.4 Å². The van der Waals surface area contributed by atoms with Gasteiger partial charge in [0.05, 0.1) is 23.9 Å². The van der Waals surface area contributed by atoms with E-state index in [0.29, 0.717) is 22.7 Å². The number of fused-ring (bicyclic) bond motifs is 3. The van der Waals surface area contributed by atoms with Crippen LogP contribution in [0.25, 0.3) is 10.9 Å². The Kier molecular flexibility index (Phi) is 5.28. The Bertz CT molecular complexity index is 1380. The highest BCUT2D eigenvalue weighted by Crippen LogP contribution is 2.37. The molecule has 1 aliphatic heterocycles. The average Bonchev–Trinajstić information content (AvgIpc) is 3.19. The number of methoxy groups -OCH3 is 1. The maximum absolute atomic E-state index is 12.6. The Morgan fingerprint density at radius 1 is 1.00 bits per heavy atom. The van der Waals surface area contributed by atoms with Crippen molar-refractivity contribution in [3.8, 4) is 11.5 Å². The highest BCUT2D eigenvalue weighted by molar-refractivity contribution is 6.16. The maximum atomic E-state index is 12.6. The quantitative estimate of drug-likeness (QED) is 0.340. The molecule has 0 aliphatic carbocycles. The fraction of sp³-hybridized carbons (Fsp3) is 0.0769. The standard InChI is InChI=1S/C26H19N3O4/c1-32-26(31)16-4-8-18(9-5-16)33-19-10-6-17(7-11-19)28-15-21-24-20-3-2-14-27-22(20)12-13-23(24)29-25(21)30/h2-15,21H,1H3,(H,29,30). The van der Waals surface area contributed by atoms with Crippen molar-refractivity contribution in [3.05, 3.63) is 90.1 Å². The number of nitrogens with one attached hydrogen (secondary N) is 1. The molecule has 3 aromatic carbocycles. The van der Waals surface area contributed by atoms with Gasteiger partial charge in [-0.05, 0) is 66.7 Å². The van der Waals surface area contributed by atoms with Gasteiger partial charge in [-0.3, -0.25) is 14.8 Å². The number of aromatic nitrogens is 1. The van der Waals surface area contributed by atoms with Crippen LogP contribution in [0.5, 0.6) is 11.5 Å². The number of carbonyl (C=O) groups is 2. The van der Waals surface area contributed by atoms with Crippen LogP contribution >= 0.6 is 0 Å². The van der Waals surface area contributed by atoms with Gasteiger partial charge in [0.2, 0.25) is 5.91 Å². The molecule has 4 aromatic rings. The fourth-order valence-corrected chi connectivity index (χ4v) is 3.78. The number of benzene rings is 3. The molecule has 0 saturated heterocycles. The first-order valence-corrected chi connectivity index (χ1v) is 10.3. The molecule has 2 heterocycles. The van der Waals surface area contributed by atoms with Gasteiger partial charge in [0, 0.05) is 29.0 Å². The van der Waals surface area contributed by atoms with Gasteiger partial charge in [-0.1, -0.05) is 6.07 Å². The Morgan fingerprint density at radius 2 is 1.73 bits per heavy atom. The molecule has 0 spiro atoms. The lowest BCUT2D eigenvalue weighted by molar-refractivity contribution is -0.115. The number of amides is 1. The van der Waals surface area contributed by atoms with Gasteiger partial charge >= 0.3 is 5.97 Å². The van der Waals surface area contributed by atoms with Crippen molar-refractivity contribution >= 4 is 40.4 Å². The Hall–Kier alpha value is -4.52. The molecule has 1 N–H and O–H groups in total. The summed E-state index contributed by atoms with van der Waals surface area (Å²) in [5, 5.41) is 3.86. The first-order valence-electron chi connectivity index (χ1n) is 10.3. The van der Waals surface area contributed by atoms with E-state index in [4.69, 9.17) is 9.47 Å². The predicted molar refractivity (Wildman–Crippen MR) is 126 cm³/mol. The monoisotopic (exact) mass is 437 g/mol. The second-order valence-electron chi connectivity index (χ2n) is 7.45. The molecule has 5 rings (SSSR count). The van der Waals surface area contributed by atoms with Crippen molar-refractivity contribution in [1.29, 1.82) is 0 Å². The number of aliphatic imine (C=N–C) groups is 1. The van der Waals surface area contributed by atoms with Crippen molar-refractivity contribution in [2.75, 3.05) is 12.4 Å². The molecule has 0 saturated carbocycles. The zero-order valence-corrected chi connectivity index (χ0v) is 17.7. The zero-order valence-electron chi connectivity index (χ0n) is 17.7. The van der Waals surface area contributed by atoms with Crippen LogP contribution in [0.1, 0.15) is 21.8 Å². The third kappa shape index (κ3) is 4.04. The van der Waals surface area contributed by atoms with Crippen LogP contribution in [0, 0.1) is 0 Å². The van der Waals surface area contributed by atoms with Gasteiger partial charge < -0.3 is 14.8 Å². The molecule has 7 nitrogen and oxygen atoms in total. The Balaban J connectivity index is 1.32. The van der Waals surface area contributed by atoms with E-state index in [9.17, 15) is 9.59 Å². The molecule has 1 aromatic heterocycles. The second kappa shape index (κ2) is 8.55. The number of ether oxygens (including phenoxy) is 2. The first-order chi connectivity index (χ1) is 16.1. The summed E-state index contributed by atoms with van der Waals surface area (Å²) in [6, 6.07) is 21.5. The van der Waals surface area contributed by atoms with E-state index >= 15 is 0 Å². The van der Waals surface area contributed by atoms with E-state index in [1.807, 2.05) is 36.4 Å². The fourth-order valence-electron chi connectivity index (χ4n) is 3.78. The molecule has 7 heteroatoms. The summed E-state index contributed by atoms with van der Waals surface area (Å²) in [5.41, 5.74) is 3.68. The molecule has 0 radical (unpaired) electrons. The molecule has 1 amide bonds. The molecule has 1 unspecified atom stereocenters. The van der Waals surface area contributed by atoms with Gasteiger partial charge in [-0.15, -0.1) is 0 Å².